The van der Waals surface area contributed by atoms with Gasteiger partial charge in [-0.1, -0.05) is 0 Å². The molecule has 0 aliphatic rings. The Balaban J connectivity index is 2.01. The van der Waals surface area contributed by atoms with Crippen LogP contribution < -0.4 is 10.6 Å². The second-order valence-corrected chi connectivity index (χ2v) is 6.96. The maximum absolute atomic E-state index is 12.6. The SMILES string of the molecule is CCOC(=O)CCC(NC(=O)c1ccc(NC(=O)c2ccc([N+](=O)[O-])cc2)cc1)C(=O)OCC. The van der Waals surface area contributed by atoms with Crippen LogP contribution in [0, 0.1) is 10.1 Å². The molecule has 1 atom stereocenters. The van der Waals surface area contributed by atoms with Crippen molar-refractivity contribution in [1.82, 2.24) is 5.32 Å². The first-order valence-corrected chi connectivity index (χ1v) is 10.5. The number of carbonyl (C=O) groups is 4. The Morgan fingerprint density at radius 3 is 2.00 bits per heavy atom. The number of nitro benzene ring substituents is 1. The van der Waals surface area contributed by atoms with Gasteiger partial charge in [0.25, 0.3) is 17.5 Å². The molecule has 2 amide bonds. The van der Waals surface area contributed by atoms with Crippen LogP contribution in [0.3, 0.4) is 0 Å². The Kier molecular flexibility index (Phi) is 9.69. The lowest BCUT2D eigenvalue weighted by Gasteiger charge is -2.17. The number of esters is 2. The summed E-state index contributed by atoms with van der Waals surface area (Å²) in [4.78, 5) is 58.9. The Morgan fingerprint density at radius 1 is 0.882 bits per heavy atom. The summed E-state index contributed by atoms with van der Waals surface area (Å²) in [6.45, 7) is 3.63. The number of non-ortho nitro benzene ring substituents is 1. The minimum Gasteiger partial charge on any atom is -0.466 e. The third kappa shape index (κ3) is 7.69. The molecule has 0 aliphatic heterocycles. The molecule has 2 aromatic rings. The Labute approximate surface area is 195 Å². The third-order valence-electron chi connectivity index (χ3n) is 4.56. The van der Waals surface area contributed by atoms with E-state index in [1.54, 1.807) is 13.8 Å². The highest BCUT2D eigenvalue weighted by molar-refractivity contribution is 6.04. The number of carbonyl (C=O) groups excluding carboxylic acids is 4. The number of nitrogens with zero attached hydrogens (tertiary/aromatic N) is 1. The van der Waals surface area contributed by atoms with Crippen LogP contribution in [0.1, 0.15) is 47.4 Å². The van der Waals surface area contributed by atoms with E-state index in [4.69, 9.17) is 9.47 Å². The van der Waals surface area contributed by atoms with E-state index in [1.807, 2.05) is 0 Å². The molecule has 2 aromatic carbocycles. The molecule has 1 unspecified atom stereocenters. The van der Waals surface area contributed by atoms with Gasteiger partial charge in [0, 0.05) is 35.4 Å². The van der Waals surface area contributed by atoms with Crippen molar-refractivity contribution in [3.63, 3.8) is 0 Å². The minimum atomic E-state index is -1.03. The molecule has 2 rings (SSSR count). The van der Waals surface area contributed by atoms with Gasteiger partial charge in [0.1, 0.15) is 6.04 Å². The molecular weight excluding hydrogens is 446 g/mol. The molecule has 11 nitrogen and oxygen atoms in total. The van der Waals surface area contributed by atoms with E-state index in [1.165, 1.54) is 48.5 Å². The number of hydrogen-bond acceptors (Lipinski definition) is 8. The molecule has 0 fully saturated rings. The first-order valence-electron chi connectivity index (χ1n) is 10.5. The maximum Gasteiger partial charge on any atom is 0.328 e. The fraction of sp³-hybridized carbons (Fsp3) is 0.304. The van der Waals surface area contributed by atoms with Crippen LogP contribution in [-0.2, 0) is 19.1 Å². The van der Waals surface area contributed by atoms with Crippen LogP contribution in [0.15, 0.2) is 48.5 Å². The zero-order valence-corrected chi connectivity index (χ0v) is 18.7. The lowest BCUT2D eigenvalue weighted by Crippen LogP contribution is -2.42. The molecule has 0 bridgehead atoms. The normalized spacial score (nSPS) is 11.1. The first-order chi connectivity index (χ1) is 16.2. The first kappa shape index (κ1) is 26.0. The molecular formula is C23H25N3O8. The van der Waals surface area contributed by atoms with Crippen molar-refractivity contribution < 1.29 is 33.6 Å². The van der Waals surface area contributed by atoms with Crippen LogP contribution >= 0.6 is 0 Å². The minimum absolute atomic E-state index is 0.0206. The van der Waals surface area contributed by atoms with Crippen molar-refractivity contribution >= 4 is 35.1 Å². The highest BCUT2D eigenvalue weighted by Gasteiger charge is 2.24. The van der Waals surface area contributed by atoms with Crippen LogP contribution in [0.2, 0.25) is 0 Å². The highest BCUT2D eigenvalue weighted by atomic mass is 16.6. The smallest absolute Gasteiger partial charge is 0.328 e. The number of benzene rings is 2. The molecule has 0 radical (unpaired) electrons. The van der Waals surface area contributed by atoms with Crippen molar-refractivity contribution in [2.75, 3.05) is 18.5 Å². The lowest BCUT2D eigenvalue weighted by molar-refractivity contribution is -0.384. The second-order valence-electron chi connectivity index (χ2n) is 6.96. The predicted octanol–water partition coefficient (Wildman–Crippen LogP) is 2.85. The van der Waals surface area contributed by atoms with E-state index >= 15 is 0 Å². The van der Waals surface area contributed by atoms with E-state index in [0.29, 0.717) is 5.69 Å². The van der Waals surface area contributed by atoms with Gasteiger partial charge >= 0.3 is 11.9 Å². The van der Waals surface area contributed by atoms with Crippen LogP contribution in [0.25, 0.3) is 0 Å². The summed E-state index contributed by atoms with van der Waals surface area (Å²) in [6, 6.07) is 9.99. The molecule has 0 saturated carbocycles. The van der Waals surface area contributed by atoms with Crippen molar-refractivity contribution in [2.24, 2.45) is 0 Å². The van der Waals surface area contributed by atoms with Gasteiger partial charge in [0.15, 0.2) is 0 Å². The zero-order chi connectivity index (χ0) is 25.1. The number of ether oxygens (including phenoxy) is 2. The average molecular weight is 471 g/mol. The quantitative estimate of drug-likeness (QED) is 0.288. The fourth-order valence-electron chi connectivity index (χ4n) is 2.87. The fourth-order valence-corrected chi connectivity index (χ4v) is 2.87. The van der Waals surface area contributed by atoms with Crippen LogP contribution in [0.5, 0.6) is 0 Å². The molecule has 0 spiro atoms. The summed E-state index contributed by atoms with van der Waals surface area (Å²) < 4.78 is 9.81. The number of amides is 2. The standard InChI is InChI=1S/C23H25N3O8/c1-3-33-20(27)14-13-19(23(30)34-4-2)25-22(29)15-5-9-17(10-6-15)24-21(28)16-7-11-18(12-8-16)26(31)32/h5-12,19H,3-4,13-14H2,1-2H3,(H,24,28)(H,25,29). The van der Waals surface area contributed by atoms with Crippen molar-refractivity contribution in [3.05, 3.63) is 69.8 Å². The number of anilines is 1. The molecule has 0 saturated heterocycles. The monoisotopic (exact) mass is 471 g/mol. The lowest BCUT2D eigenvalue weighted by atomic mass is 10.1. The average Bonchev–Trinajstić information content (AvgIpc) is 2.82. The van der Waals surface area contributed by atoms with E-state index in [-0.39, 0.29) is 42.9 Å². The predicted molar refractivity (Wildman–Crippen MR) is 121 cm³/mol. The summed E-state index contributed by atoms with van der Waals surface area (Å²) in [5.74, 6) is -2.19. The maximum atomic E-state index is 12.6. The largest absolute Gasteiger partial charge is 0.466 e. The molecule has 11 heteroatoms. The zero-order valence-electron chi connectivity index (χ0n) is 18.7. The Bertz CT molecular complexity index is 1040. The van der Waals surface area contributed by atoms with Gasteiger partial charge in [0.05, 0.1) is 18.1 Å². The topological polar surface area (TPSA) is 154 Å². The summed E-state index contributed by atoms with van der Waals surface area (Å²) >= 11 is 0. The molecule has 180 valence electrons. The van der Waals surface area contributed by atoms with Crippen LogP contribution in [-0.4, -0.2) is 47.9 Å². The molecule has 0 heterocycles. The molecule has 34 heavy (non-hydrogen) atoms. The molecule has 0 aliphatic carbocycles. The van der Waals surface area contributed by atoms with Gasteiger partial charge in [-0.2, -0.15) is 0 Å². The van der Waals surface area contributed by atoms with Crippen molar-refractivity contribution in [1.29, 1.82) is 0 Å². The molecule has 2 N–H and O–H groups in total. The Hall–Kier alpha value is -4.28. The number of nitrogens with one attached hydrogen (secondary N) is 2. The van der Waals surface area contributed by atoms with Gasteiger partial charge in [-0.15, -0.1) is 0 Å². The van der Waals surface area contributed by atoms with E-state index < -0.39 is 34.7 Å². The van der Waals surface area contributed by atoms with E-state index in [0.717, 1.165) is 0 Å². The van der Waals surface area contributed by atoms with Gasteiger partial charge in [0.2, 0.25) is 0 Å². The third-order valence-corrected chi connectivity index (χ3v) is 4.56. The summed E-state index contributed by atoms with van der Waals surface area (Å²) in [7, 11) is 0. The van der Waals surface area contributed by atoms with Crippen LogP contribution in [0.4, 0.5) is 11.4 Å². The van der Waals surface area contributed by atoms with Crippen molar-refractivity contribution in [3.8, 4) is 0 Å². The van der Waals surface area contributed by atoms with Gasteiger partial charge in [-0.3, -0.25) is 24.5 Å². The summed E-state index contributed by atoms with van der Waals surface area (Å²) in [6.07, 6.45) is -0.0437. The van der Waals surface area contributed by atoms with E-state index in [2.05, 4.69) is 10.6 Å². The molecule has 0 aromatic heterocycles. The Morgan fingerprint density at radius 2 is 1.44 bits per heavy atom. The number of rotatable bonds is 11. The summed E-state index contributed by atoms with van der Waals surface area (Å²) in [5.41, 5.74) is 0.713. The van der Waals surface area contributed by atoms with Crippen molar-refractivity contribution in [2.45, 2.75) is 32.7 Å². The van der Waals surface area contributed by atoms with Gasteiger partial charge in [-0.25, -0.2) is 4.79 Å². The van der Waals surface area contributed by atoms with E-state index in [9.17, 15) is 29.3 Å². The number of hydrogen-bond donors (Lipinski definition) is 2. The second kappa shape index (κ2) is 12.7. The summed E-state index contributed by atoms with van der Waals surface area (Å²) in [5, 5.41) is 15.9. The highest BCUT2D eigenvalue weighted by Crippen LogP contribution is 2.15. The van der Waals surface area contributed by atoms with Gasteiger partial charge < -0.3 is 20.1 Å². The van der Waals surface area contributed by atoms with Gasteiger partial charge in [-0.05, 0) is 56.7 Å². The number of nitro groups is 1.